The Morgan fingerprint density at radius 2 is 1.73 bits per heavy atom. The van der Waals surface area contributed by atoms with Gasteiger partial charge >= 0.3 is 5.97 Å². The van der Waals surface area contributed by atoms with Crippen LogP contribution in [0.1, 0.15) is 42.5 Å². The Bertz CT molecular complexity index is 542. The van der Waals surface area contributed by atoms with E-state index in [1.807, 2.05) is 0 Å². The SMILES string of the molecule is O=C(NC1(C(=O)O)CCCCC1)c1ccc(SC(F)F)cc1. The predicted molar refractivity (Wildman–Crippen MR) is 79.2 cm³/mol. The van der Waals surface area contributed by atoms with Gasteiger partial charge in [-0.2, -0.15) is 8.78 Å². The zero-order valence-corrected chi connectivity index (χ0v) is 12.7. The number of carboxylic acid groups (broad SMARTS) is 1. The summed E-state index contributed by atoms with van der Waals surface area (Å²) in [5.74, 6) is -4.03. The fourth-order valence-corrected chi connectivity index (χ4v) is 3.12. The third kappa shape index (κ3) is 3.97. The molecule has 4 nitrogen and oxygen atoms in total. The molecule has 1 saturated carbocycles. The summed E-state index contributed by atoms with van der Waals surface area (Å²) in [6.07, 6.45) is 3.30. The van der Waals surface area contributed by atoms with Crippen LogP contribution in [0.2, 0.25) is 0 Å². The van der Waals surface area contributed by atoms with Crippen LogP contribution in [0.5, 0.6) is 0 Å². The summed E-state index contributed by atoms with van der Waals surface area (Å²) in [6, 6.07) is 5.72. The molecule has 0 spiro atoms. The molecule has 120 valence electrons. The summed E-state index contributed by atoms with van der Waals surface area (Å²) < 4.78 is 24.5. The van der Waals surface area contributed by atoms with E-state index < -0.39 is 23.2 Å². The molecule has 1 aliphatic rings. The van der Waals surface area contributed by atoms with Gasteiger partial charge in [0.05, 0.1) is 0 Å². The lowest BCUT2D eigenvalue weighted by atomic mass is 9.81. The monoisotopic (exact) mass is 329 g/mol. The average molecular weight is 329 g/mol. The minimum Gasteiger partial charge on any atom is -0.480 e. The highest BCUT2D eigenvalue weighted by atomic mass is 32.2. The quantitative estimate of drug-likeness (QED) is 0.811. The van der Waals surface area contributed by atoms with Crippen molar-refractivity contribution in [1.29, 1.82) is 0 Å². The van der Waals surface area contributed by atoms with Gasteiger partial charge in [0.1, 0.15) is 5.54 Å². The Kier molecular flexibility index (Phi) is 5.39. The molecule has 0 aliphatic heterocycles. The first kappa shape index (κ1) is 16.7. The molecule has 1 aromatic carbocycles. The fourth-order valence-electron chi connectivity index (χ4n) is 2.62. The number of rotatable bonds is 5. The minimum atomic E-state index is -2.52. The van der Waals surface area contributed by atoms with Crippen molar-refractivity contribution >= 4 is 23.6 Å². The van der Waals surface area contributed by atoms with E-state index in [0.717, 1.165) is 19.3 Å². The highest BCUT2D eigenvalue weighted by molar-refractivity contribution is 7.99. The van der Waals surface area contributed by atoms with Gasteiger partial charge < -0.3 is 10.4 Å². The lowest BCUT2D eigenvalue weighted by molar-refractivity contribution is -0.145. The molecule has 0 unspecified atom stereocenters. The second kappa shape index (κ2) is 7.09. The lowest BCUT2D eigenvalue weighted by Crippen LogP contribution is -2.55. The van der Waals surface area contributed by atoms with Crippen molar-refractivity contribution in [2.75, 3.05) is 0 Å². The summed E-state index contributed by atoms with van der Waals surface area (Å²) >= 11 is 0.399. The molecule has 1 aromatic rings. The lowest BCUT2D eigenvalue weighted by Gasteiger charge is -2.34. The van der Waals surface area contributed by atoms with Crippen LogP contribution in [-0.4, -0.2) is 28.3 Å². The number of aliphatic carboxylic acids is 1. The number of hydrogen-bond acceptors (Lipinski definition) is 3. The van der Waals surface area contributed by atoms with Crippen LogP contribution < -0.4 is 5.32 Å². The van der Waals surface area contributed by atoms with E-state index in [-0.39, 0.29) is 5.56 Å². The van der Waals surface area contributed by atoms with Crippen LogP contribution >= 0.6 is 11.8 Å². The Hall–Kier alpha value is -1.63. The molecule has 2 N–H and O–H groups in total. The van der Waals surface area contributed by atoms with Crippen LogP contribution in [-0.2, 0) is 4.79 Å². The predicted octanol–water partition coefficient (Wildman–Crippen LogP) is 3.52. The number of carbonyl (C=O) groups is 2. The van der Waals surface area contributed by atoms with Crippen molar-refractivity contribution in [3.05, 3.63) is 29.8 Å². The van der Waals surface area contributed by atoms with E-state index in [4.69, 9.17) is 0 Å². The van der Waals surface area contributed by atoms with Crippen molar-refractivity contribution < 1.29 is 23.5 Å². The maximum atomic E-state index is 12.2. The highest BCUT2D eigenvalue weighted by Gasteiger charge is 2.41. The molecule has 2 rings (SSSR count). The Balaban J connectivity index is 2.08. The van der Waals surface area contributed by atoms with Gasteiger partial charge in [-0.05, 0) is 37.1 Å². The maximum absolute atomic E-state index is 12.2. The van der Waals surface area contributed by atoms with E-state index >= 15 is 0 Å². The van der Waals surface area contributed by atoms with Gasteiger partial charge in [0.15, 0.2) is 0 Å². The average Bonchev–Trinajstić information content (AvgIpc) is 2.48. The topological polar surface area (TPSA) is 66.4 Å². The molecular weight excluding hydrogens is 312 g/mol. The number of hydrogen-bond donors (Lipinski definition) is 2. The number of benzene rings is 1. The van der Waals surface area contributed by atoms with Gasteiger partial charge in [0.25, 0.3) is 11.7 Å². The highest BCUT2D eigenvalue weighted by Crippen LogP contribution is 2.29. The first-order valence-electron chi connectivity index (χ1n) is 7.04. The largest absolute Gasteiger partial charge is 0.480 e. The number of carbonyl (C=O) groups excluding carboxylic acids is 1. The van der Waals surface area contributed by atoms with Crippen molar-refractivity contribution in [2.45, 2.75) is 48.3 Å². The number of alkyl halides is 2. The van der Waals surface area contributed by atoms with Gasteiger partial charge in [-0.3, -0.25) is 4.79 Å². The van der Waals surface area contributed by atoms with Crippen molar-refractivity contribution in [2.24, 2.45) is 0 Å². The second-order valence-electron chi connectivity index (χ2n) is 5.30. The summed E-state index contributed by atoms with van der Waals surface area (Å²) in [7, 11) is 0. The number of carboxylic acids is 1. The van der Waals surface area contributed by atoms with Crippen LogP contribution in [0.3, 0.4) is 0 Å². The standard InChI is InChI=1S/C15H17F2NO3S/c16-14(17)22-11-6-4-10(5-7-11)12(19)18-15(13(20)21)8-2-1-3-9-15/h4-7,14H,1-3,8-9H2,(H,18,19)(H,20,21). The maximum Gasteiger partial charge on any atom is 0.329 e. The molecule has 1 aliphatic carbocycles. The van der Waals surface area contributed by atoms with E-state index in [1.54, 1.807) is 0 Å². The third-order valence-electron chi connectivity index (χ3n) is 3.81. The van der Waals surface area contributed by atoms with E-state index in [9.17, 15) is 23.5 Å². The zero-order chi connectivity index (χ0) is 16.2. The number of amides is 1. The van der Waals surface area contributed by atoms with E-state index in [2.05, 4.69) is 5.32 Å². The molecule has 7 heteroatoms. The first-order valence-corrected chi connectivity index (χ1v) is 7.92. The molecule has 0 saturated heterocycles. The zero-order valence-electron chi connectivity index (χ0n) is 11.9. The van der Waals surface area contributed by atoms with E-state index in [0.29, 0.717) is 29.5 Å². The molecular formula is C15H17F2NO3S. The van der Waals surface area contributed by atoms with Crippen molar-refractivity contribution in [3.63, 3.8) is 0 Å². The van der Waals surface area contributed by atoms with Gasteiger partial charge in [-0.25, -0.2) is 4.79 Å². The van der Waals surface area contributed by atoms with Gasteiger partial charge in [-0.15, -0.1) is 0 Å². The first-order chi connectivity index (χ1) is 10.4. The molecule has 1 amide bonds. The minimum absolute atomic E-state index is 0.268. The van der Waals surface area contributed by atoms with E-state index in [1.165, 1.54) is 24.3 Å². The number of halogens is 2. The molecule has 1 fully saturated rings. The Morgan fingerprint density at radius 1 is 1.14 bits per heavy atom. The molecule has 22 heavy (non-hydrogen) atoms. The third-order valence-corrected chi connectivity index (χ3v) is 4.53. The molecule has 0 heterocycles. The Morgan fingerprint density at radius 3 is 2.23 bits per heavy atom. The van der Waals surface area contributed by atoms with Gasteiger partial charge in [0.2, 0.25) is 0 Å². The van der Waals surface area contributed by atoms with Crippen LogP contribution in [0.4, 0.5) is 8.78 Å². The van der Waals surface area contributed by atoms with Crippen LogP contribution in [0, 0.1) is 0 Å². The molecule has 0 bridgehead atoms. The van der Waals surface area contributed by atoms with Crippen LogP contribution in [0.25, 0.3) is 0 Å². The summed E-state index contributed by atoms with van der Waals surface area (Å²) in [5, 5.41) is 12.0. The summed E-state index contributed by atoms with van der Waals surface area (Å²) in [6.45, 7) is 0. The molecule has 0 atom stereocenters. The number of nitrogens with one attached hydrogen (secondary N) is 1. The van der Waals surface area contributed by atoms with Crippen LogP contribution in [0.15, 0.2) is 29.2 Å². The second-order valence-corrected chi connectivity index (χ2v) is 6.37. The Labute approximate surface area is 131 Å². The smallest absolute Gasteiger partial charge is 0.329 e. The van der Waals surface area contributed by atoms with Gasteiger partial charge in [-0.1, -0.05) is 31.0 Å². The number of thioether (sulfide) groups is 1. The summed E-state index contributed by atoms with van der Waals surface area (Å²) in [4.78, 5) is 24.1. The normalized spacial score (nSPS) is 17.2. The molecule has 0 radical (unpaired) electrons. The van der Waals surface area contributed by atoms with Crippen molar-refractivity contribution in [1.82, 2.24) is 5.32 Å². The molecule has 0 aromatic heterocycles. The summed E-state index contributed by atoms with van der Waals surface area (Å²) in [5.41, 5.74) is -0.948. The van der Waals surface area contributed by atoms with Crippen molar-refractivity contribution in [3.8, 4) is 0 Å². The van der Waals surface area contributed by atoms with Gasteiger partial charge in [0, 0.05) is 10.5 Å². The fraction of sp³-hybridized carbons (Fsp3) is 0.467.